The van der Waals surface area contributed by atoms with Crippen molar-refractivity contribution < 1.29 is 9.18 Å². The molecule has 25 heavy (non-hydrogen) atoms. The number of carbonyl (C=O) groups excluding carboxylic acids is 1. The Balaban J connectivity index is 1.75. The van der Waals surface area contributed by atoms with Gasteiger partial charge in [-0.2, -0.15) is 0 Å². The summed E-state index contributed by atoms with van der Waals surface area (Å²) < 4.78 is 14.3. The standard InChI is InChI=1S/C19H27ClFN3O/c1-3-24-10-9-19(8-7-17(24)25)14-23(12-11-22(19)2)13-15-5-4-6-16(20)18(15)21/h4-6H,3,7-14H2,1-2H3. The SMILES string of the molecule is CCN1CCC2(CCC1=O)CN(Cc1cccc(Cl)c1F)CCN2C. The number of likely N-dealkylation sites (N-methyl/N-ethyl adjacent to an activating group) is 1. The molecule has 138 valence electrons. The van der Waals surface area contributed by atoms with Crippen LogP contribution in [0.3, 0.4) is 0 Å². The van der Waals surface area contributed by atoms with E-state index in [4.69, 9.17) is 11.6 Å². The van der Waals surface area contributed by atoms with E-state index in [1.54, 1.807) is 12.1 Å². The maximum atomic E-state index is 14.3. The van der Waals surface area contributed by atoms with Crippen LogP contribution >= 0.6 is 11.6 Å². The second-order valence-electron chi connectivity index (χ2n) is 7.29. The second kappa shape index (κ2) is 7.60. The fourth-order valence-electron chi connectivity index (χ4n) is 4.16. The number of amides is 1. The number of hydrogen-bond acceptors (Lipinski definition) is 3. The lowest BCUT2D eigenvalue weighted by Crippen LogP contribution is -2.60. The van der Waals surface area contributed by atoms with Gasteiger partial charge in [-0.15, -0.1) is 0 Å². The predicted molar refractivity (Wildman–Crippen MR) is 98.2 cm³/mol. The average molecular weight is 368 g/mol. The molecular formula is C19H27ClFN3O. The minimum absolute atomic E-state index is 0.00706. The maximum Gasteiger partial charge on any atom is 0.222 e. The molecule has 2 aliphatic rings. The highest BCUT2D eigenvalue weighted by Crippen LogP contribution is 2.33. The molecule has 3 rings (SSSR count). The Kier molecular flexibility index (Phi) is 5.66. The number of halogens is 2. The summed E-state index contributed by atoms with van der Waals surface area (Å²) in [6, 6.07) is 5.19. The quantitative estimate of drug-likeness (QED) is 0.821. The smallest absolute Gasteiger partial charge is 0.222 e. The van der Waals surface area contributed by atoms with Crippen LogP contribution < -0.4 is 0 Å². The van der Waals surface area contributed by atoms with Crippen molar-refractivity contribution in [2.24, 2.45) is 0 Å². The van der Waals surface area contributed by atoms with Crippen LogP contribution in [0.2, 0.25) is 5.02 Å². The van der Waals surface area contributed by atoms with Gasteiger partial charge in [0.25, 0.3) is 0 Å². The largest absolute Gasteiger partial charge is 0.343 e. The van der Waals surface area contributed by atoms with Crippen LogP contribution in [0.15, 0.2) is 18.2 Å². The molecule has 0 N–H and O–H groups in total. The number of piperazine rings is 1. The molecule has 6 heteroatoms. The van der Waals surface area contributed by atoms with E-state index in [1.807, 2.05) is 17.9 Å². The summed E-state index contributed by atoms with van der Waals surface area (Å²) in [4.78, 5) is 18.9. The molecule has 2 saturated heterocycles. The highest BCUT2D eigenvalue weighted by atomic mass is 35.5. The summed E-state index contributed by atoms with van der Waals surface area (Å²) in [5.41, 5.74) is 0.638. The molecule has 2 fully saturated rings. The van der Waals surface area contributed by atoms with Crippen LogP contribution in [0.4, 0.5) is 4.39 Å². The highest BCUT2D eigenvalue weighted by Gasteiger charge is 2.42. The topological polar surface area (TPSA) is 26.8 Å². The van der Waals surface area contributed by atoms with Gasteiger partial charge < -0.3 is 4.90 Å². The molecule has 0 bridgehead atoms. The Morgan fingerprint density at radius 1 is 1.24 bits per heavy atom. The van der Waals surface area contributed by atoms with Crippen molar-refractivity contribution in [2.75, 3.05) is 39.8 Å². The molecule has 1 atom stereocenters. The molecule has 0 aromatic heterocycles. The first kappa shape index (κ1) is 18.6. The third kappa shape index (κ3) is 3.83. The zero-order chi connectivity index (χ0) is 18.0. The fraction of sp³-hybridized carbons (Fsp3) is 0.632. The highest BCUT2D eigenvalue weighted by molar-refractivity contribution is 6.30. The van der Waals surface area contributed by atoms with Crippen LogP contribution in [0, 0.1) is 5.82 Å². The van der Waals surface area contributed by atoms with Gasteiger partial charge in [-0.1, -0.05) is 23.7 Å². The van der Waals surface area contributed by atoms with Crippen molar-refractivity contribution in [3.8, 4) is 0 Å². The Labute approximate surface area is 154 Å². The van der Waals surface area contributed by atoms with Crippen LogP contribution in [0.5, 0.6) is 0 Å². The molecule has 0 radical (unpaired) electrons. The molecular weight excluding hydrogens is 341 g/mol. The van der Waals surface area contributed by atoms with Gasteiger partial charge in [0.1, 0.15) is 5.82 Å². The van der Waals surface area contributed by atoms with E-state index in [-0.39, 0.29) is 22.3 Å². The van der Waals surface area contributed by atoms with Crippen molar-refractivity contribution in [1.82, 2.24) is 14.7 Å². The Hall–Kier alpha value is -1.17. The van der Waals surface area contributed by atoms with E-state index in [9.17, 15) is 9.18 Å². The molecule has 1 unspecified atom stereocenters. The van der Waals surface area contributed by atoms with Gasteiger partial charge in [0, 0.05) is 56.8 Å². The normalized spacial score (nSPS) is 26.2. The summed E-state index contributed by atoms with van der Waals surface area (Å²) in [5, 5.41) is 0.181. The first-order chi connectivity index (χ1) is 11.9. The fourth-order valence-corrected chi connectivity index (χ4v) is 4.35. The predicted octanol–water partition coefficient (Wildman–Crippen LogP) is 3.00. The van der Waals surface area contributed by atoms with E-state index in [2.05, 4.69) is 16.8 Å². The summed E-state index contributed by atoms with van der Waals surface area (Å²) in [6.45, 7) is 6.87. The van der Waals surface area contributed by atoms with Gasteiger partial charge in [-0.3, -0.25) is 14.6 Å². The molecule has 2 aliphatic heterocycles. The monoisotopic (exact) mass is 367 g/mol. The number of benzene rings is 1. The number of likely N-dealkylation sites (tertiary alicyclic amines) is 1. The molecule has 1 amide bonds. The van der Waals surface area contributed by atoms with Crippen LogP contribution in [0.1, 0.15) is 31.7 Å². The molecule has 1 aromatic carbocycles. The third-order valence-corrected chi connectivity index (χ3v) is 6.18. The minimum atomic E-state index is -0.314. The summed E-state index contributed by atoms with van der Waals surface area (Å²) >= 11 is 5.92. The number of nitrogens with zero attached hydrogens (tertiary/aromatic N) is 3. The van der Waals surface area contributed by atoms with E-state index >= 15 is 0 Å². The van der Waals surface area contributed by atoms with Crippen molar-refractivity contribution in [2.45, 2.75) is 38.3 Å². The van der Waals surface area contributed by atoms with E-state index in [0.717, 1.165) is 45.6 Å². The molecule has 1 spiro atoms. The van der Waals surface area contributed by atoms with Crippen LogP contribution in [0.25, 0.3) is 0 Å². The molecule has 0 aliphatic carbocycles. The lowest BCUT2D eigenvalue weighted by molar-refractivity contribution is -0.130. The summed E-state index contributed by atoms with van der Waals surface area (Å²) in [6.07, 6.45) is 2.43. The lowest BCUT2D eigenvalue weighted by Gasteiger charge is -2.49. The molecule has 2 heterocycles. The van der Waals surface area contributed by atoms with Gasteiger partial charge in [-0.05, 0) is 32.9 Å². The average Bonchev–Trinajstić information content (AvgIpc) is 2.75. The Bertz CT molecular complexity index is 641. The Morgan fingerprint density at radius 2 is 2.04 bits per heavy atom. The lowest BCUT2D eigenvalue weighted by atomic mass is 9.86. The zero-order valence-corrected chi connectivity index (χ0v) is 15.9. The van der Waals surface area contributed by atoms with Crippen LogP contribution in [-0.2, 0) is 11.3 Å². The van der Waals surface area contributed by atoms with Crippen molar-refractivity contribution in [3.05, 3.63) is 34.6 Å². The van der Waals surface area contributed by atoms with Crippen LogP contribution in [-0.4, -0.2) is 65.9 Å². The van der Waals surface area contributed by atoms with Gasteiger partial charge >= 0.3 is 0 Å². The number of rotatable bonds is 3. The van der Waals surface area contributed by atoms with E-state index < -0.39 is 0 Å². The first-order valence-electron chi connectivity index (χ1n) is 9.09. The Morgan fingerprint density at radius 3 is 2.80 bits per heavy atom. The second-order valence-corrected chi connectivity index (χ2v) is 7.70. The van der Waals surface area contributed by atoms with E-state index in [0.29, 0.717) is 18.5 Å². The zero-order valence-electron chi connectivity index (χ0n) is 15.1. The maximum absolute atomic E-state index is 14.3. The van der Waals surface area contributed by atoms with Gasteiger partial charge in [-0.25, -0.2) is 4.39 Å². The van der Waals surface area contributed by atoms with E-state index in [1.165, 1.54) is 0 Å². The van der Waals surface area contributed by atoms with Gasteiger partial charge in [0.15, 0.2) is 0 Å². The minimum Gasteiger partial charge on any atom is -0.343 e. The third-order valence-electron chi connectivity index (χ3n) is 5.89. The summed E-state index contributed by atoms with van der Waals surface area (Å²) in [5.74, 6) is -0.0591. The number of hydrogen-bond donors (Lipinski definition) is 0. The van der Waals surface area contributed by atoms with Crippen molar-refractivity contribution in [3.63, 3.8) is 0 Å². The van der Waals surface area contributed by atoms with Gasteiger partial charge in [0.2, 0.25) is 5.91 Å². The molecule has 0 saturated carbocycles. The van der Waals surface area contributed by atoms with Crippen molar-refractivity contribution in [1.29, 1.82) is 0 Å². The van der Waals surface area contributed by atoms with Gasteiger partial charge in [0.05, 0.1) is 5.02 Å². The van der Waals surface area contributed by atoms with Crippen molar-refractivity contribution >= 4 is 17.5 Å². The molecule has 4 nitrogen and oxygen atoms in total. The molecule has 1 aromatic rings. The number of carbonyl (C=O) groups is 1. The first-order valence-corrected chi connectivity index (χ1v) is 9.47. The summed E-state index contributed by atoms with van der Waals surface area (Å²) in [7, 11) is 2.16.